The third kappa shape index (κ3) is 2.60. The molecule has 3 N–H and O–H groups in total. The van der Waals surface area contributed by atoms with Crippen molar-refractivity contribution in [2.75, 3.05) is 5.32 Å². The first-order valence-corrected chi connectivity index (χ1v) is 6.78. The quantitative estimate of drug-likeness (QED) is 0.681. The molecule has 21 heavy (non-hydrogen) atoms. The lowest BCUT2D eigenvalue weighted by atomic mass is 10.1. The molecular formula is C17H16N2O2. The lowest BCUT2D eigenvalue weighted by Gasteiger charge is -2.09. The number of aromatic nitrogens is 1. The zero-order chi connectivity index (χ0) is 14.8. The van der Waals surface area contributed by atoms with Crippen LogP contribution in [0, 0.1) is 6.92 Å². The van der Waals surface area contributed by atoms with Crippen LogP contribution in [0.4, 0.5) is 5.69 Å². The standard InChI is InChI=1S/C17H16N2O2/c1-11-8-12(17(20)21)6-7-15(11)18-9-13-10-19-16-5-3-2-4-14(13)16/h2-8,10,18-19H,9H2,1H3,(H,20,21). The molecule has 106 valence electrons. The Morgan fingerprint density at radius 1 is 1.24 bits per heavy atom. The fourth-order valence-electron chi connectivity index (χ4n) is 2.46. The summed E-state index contributed by atoms with van der Waals surface area (Å²) in [4.78, 5) is 14.2. The summed E-state index contributed by atoms with van der Waals surface area (Å²) in [5.74, 6) is -0.902. The van der Waals surface area contributed by atoms with Gasteiger partial charge in [0.1, 0.15) is 0 Å². The van der Waals surface area contributed by atoms with Crippen molar-refractivity contribution < 1.29 is 9.90 Å². The normalized spacial score (nSPS) is 10.7. The van der Waals surface area contributed by atoms with E-state index < -0.39 is 5.97 Å². The van der Waals surface area contributed by atoms with E-state index in [1.165, 1.54) is 10.9 Å². The summed E-state index contributed by atoms with van der Waals surface area (Å²) < 4.78 is 0. The highest BCUT2D eigenvalue weighted by molar-refractivity contribution is 5.88. The van der Waals surface area contributed by atoms with Crippen molar-refractivity contribution in [1.29, 1.82) is 0 Å². The number of aromatic amines is 1. The Hall–Kier alpha value is -2.75. The molecular weight excluding hydrogens is 264 g/mol. The molecule has 3 aromatic rings. The average Bonchev–Trinajstić information content (AvgIpc) is 2.89. The van der Waals surface area contributed by atoms with E-state index in [9.17, 15) is 4.79 Å². The minimum absolute atomic E-state index is 0.310. The molecule has 0 unspecified atom stereocenters. The number of hydrogen-bond donors (Lipinski definition) is 3. The highest BCUT2D eigenvalue weighted by Crippen LogP contribution is 2.21. The van der Waals surface area contributed by atoms with Gasteiger partial charge in [0, 0.05) is 29.3 Å². The van der Waals surface area contributed by atoms with Crippen molar-refractivity contribution in [1.82, 2.24) is 4.98 Å². The van der Waals surface area contributed by atoms with Gasteiger partial charge in [-0.3, -0.25) is 0 Å². The van der Waals surface area contributed by atoms with Crippen LogP contribution in [0.2, 0.25) is 0 Å². The molecule has 3 rings (SSSR count). The van der Waals surface area contributed by atoms with E-state index in [-0.39, 0.29) is 0 Å². The number of fused-ring (bicyclic) bond motifs is 1. The third-order valence-electron chi connectivity index (χ3n) is 3.62. The van der Waals surface area contributed by atoms with Crippen LogP contribution in [0.1, 0.15) is 21.5 Å². The van der Waals surface area contributed by atoms with Gasteiger partial charge < -0.3 is 15.4 Å². The molecule has 0 amide bonds. The molecule has 0 bridgehead atoms. The van der Waals surface area contributed by atoms with Gasteiger partial charge in [0.25, 0.3) is 0 Å². The summed E-state index contributed by atoms with van der Waals surface area (Å²) in [5.41, 5.74) is 4.49. The van der Waals surface area contributed by atoms with Crippen LogP contribution < -0.4 is 5.32 Å². The zero-order valence-electron chi connectivity index (χ0n) is 11.7. The van der Waals surface area contributed by atoms with Gasteiger partial charge >= 0.3 is 5.97 Å². The number of carbonyl (C=O) groups is 1. The predicted molar refractivity (Wildman–Crippen MR) is 83.8 cm³/mol. The largest absolute Gasteiger partial charge is 0.478 e. The summed E-state index contributed by atoms with van der Waals surface area (Å²) in [6, 6.07) is 13.3. The number of benzene rings is 2. The maximum Gasteiger partial charge on any atom is 0.335 e. The number of carboxylic acid groups (broad SMARTS) is 1. The molecule has 0 fully saturated rings. The van der Waals surface area contributed by atoms with Crippen molar-refractivity contribution >= 4 is 22.6 Å². The van der Waals surface area contributed by atoms with Gasteiger partial charge in [0.05, 0.1) is 5.56 Å². The number of hydrogen-bond acceptors (Lipinski definition) is 2. The molecule has 0 aliphatic carbocycles. The van der Waals surface area contributed by atoms with Crippen LogP contribution in [-0.2, 0) is 6.54 Å². The van der Waals surface area contributed by atoms with Crippen LogP contribution in [0.5, 0.6) is 0 Å². The number of H-pyrrole nitrogens is 1. The topological polar surface area (TPSA) is 65.1 Å². The molecule has 0 saturated heterocycles. The van der Waals surface area contributed by atoms with E-state index in [1.54, 1.807) is 12.1 Å². The van der Waals surface area contributed by atoms with Gasteiger partial charge in [-0.15, -0.1) is 0 Å². The lowest BCUT2D eigenvalue weighted by Crippen LogP contribution is -2.03. The van der Waals surface area contributed by atoms with Crippen molar-refractivity contribution in [3.05, 3.63) is 65.4 Å². The number of rotatable bonds is 4. The minimum atomic E-state index is -0.902. The first-order chi connectivity index (χ1) is 10.1. The van der Waals surface area contributed by atoms with E-state index in [4.69, 9.17) is 5.11 Å². The molecule has 4 heteroatoms. The van der Waals surface area contributed by atoms with Gasteiger partial charge in [-0.05, 0) is 42.3 Å². The molecule has 0 radical (unpaired) electrons. The van der Waals surface area contributed by atoms with E-state index in [0.717, 1.165) is 16.8 Å². The Kier molecular flexibility index (Phi) is 3.36. The lowest BCUT2D eigenvalue weighted by molar-refractivity contribution is 0.0697. The highest BCUT2D eigenvalue weighted by Gasteiger charge is 2.07. The predicted octanol–water partition coefficient (Wildman–Crippen LogP) is 3.79. The number of para-hydroxylation sites is 1. The summed E-state index contributed by atoms with van der Waals surface area (Å²) in [5, 5.41) is 13.5. The van der Waals surface area contributed by atoms with E-state index >= 15 is 0 Å². The van der Waals surface area contributed by atoms with Crippen LogP contribution in [-0.4, -0.2) is 16.1 Å². The Morgan fingerprint density at radius 2 is 2.05 bits per heavy atom. The summed E-state index contributed by atoms with van der Waals surface area (Å²) in [6.07, 6.45) is 2.00. The van der Waals surface area contributed by atoms with Gasteiger partial charge in [0.2, 0.25) is 0 Å². The molecule has 0 saturated carbocycles. The average molecular weight is 280 g/mol. The monoisotopic (exact) mass is 280 g/mol. The summed E-state index contributed by atoms with van der Waals surface area (Å²) in [6.45, 7) is 2.60. The maximum absolute atomic E-state index is 10.9. The first-order valence-electron chi connectivity index (χ1n) is 6.78. The molecule has 1 aromatic heterocycles. The van der Waals surface area contributed by atoms with Crippen molar-refractivity contribution in [2.24, 2.45) is 0 Å². The number of aromatic carboxylic acids is 1. The van der Waals surface area contributed by atoms with E-state index in [1.807, 2.05) is 37.4 Å². The minimum Gasteiger partial charge on any atom is -0.478 e. The fraction of sp³-hybridized carbons (Fsp3) is 0.118. The summed E-state index contributed by atoms with van der Waals surface area (Å²) in [7, 11) is 0. The van der Waals surface area contributed by atoms with Crippen molar-refractivity contribution in [3.63, 3.8) is 0 Å². The second-order valence-electron chi connectivity index (χ2n) is 5.05. The number of aryl methyl sites for hydroxylation is 1. The molecule has 4 nitrogen and oxygen atoms in total. The van der Waals surface area contributed by atoms with Gasteiger partial charge in [-0.25, -0.2) is 4.79 Å². The third-order valence-corrected chi connectivity index (χ3v) is 3.62. The first kappa shape index (κ1) is 13.2. The molecule has 2 aromatic carbocycles. The van der Waals surface area contributed by atoms with E-state index in [0.29, 0.717) is 12.1 Å². The van der Waals surface area contributed by atoms with Crippen molar-refractivity contribution in [3.8, 4) is 0 Å². The van der Waals surface area contributed by atoms with Gasteiger partial charge in [0.15, 0.2) is 0 Å². The molecule has 0 spiro atoms. The maximum atomic E-state index is 10.9. The second kappa shape index (κ2) is 5.32. The molecule has 0 aliphatic rings. The second-order valence-corrected chi connectivity index (χ2v) is 5.05. The highest BCUT2D eigenvalue weighted by atomic mass is 16.4. The number of carboxylic acids is 1. The van der Waals surface area contributed by atoms with E-state index in [2.05, 4.69) is 16.4 Å². The smallest absolute Gasteiger partial charge is 0.335 e. The van der Waals surface area contributed by atoms with Crippen LogP contribution in [0.25, 0.3) is 10.9 Å². The van der Waals surface area contributed by atoms with Crippen LogP contribution in [0.3, 0.4) is 0 Å². The summed E-state index contributed by atoms with van der Waals surface area (Å²) >= 11 is 0. The Morgan fingerprint density at radius 3 is 2.81 bits per heavy atom. The van der Waals surface area contributed by atoms with Crippen molar-refractivity contribution in [2.45, 2.75) is 13.5 Å². The Labute approximate surface area is 122 Å². The van der Waals surface area contributed by atoms with Gasteiger partial charge in [-0.1, -0.05) is 18.2 Å². The molecule has 0 atom stereocenters. The van der Waals surface area contributed by atoms with Gasteiger partial charge in [-0.2, -0.15) is 0 Å². The molecule has 1 heterocycles. The van der Waals surface area contributed by atoms with Crippen LogP contribution >= 0.6 is 0 Å². The number of nitrogens with one attached hydrogen (secondary N) is 2. The number of anilines is 1. The SMILES string of the molecule is Cc1cc(C(=O)O)ccc1NCc1c[nH]c2ccccc12. The molecule has 0 aliphatic heterocycles. The Balaban J connectivity index is 1.80. The zero-order valence-corrected chi connectivity index (χ0v) is 11.7. The Bertz CT molecular complexity index is 805. The fourth-order valence-corrected chi connectivity index (χ4v) is 2.46. The van der Waals surface area contributed by atoms with Crippen LogP contribution in [0.15, 0.2) is 48.7 Å².